The van der Waals surface area contributed by atoms with Gasteiger partial charge in [-0.25, -0.2) is 8.42 Å². The summed E-state index contributed by atoms with van der Waals surface area (Å²) in [5.41, 5.74) is 8.15. The fourth-order valence-electron chi connectivity index (χ4n) is 5.75. The van der Waals surface area contributed by atoms with Gasteiger partial charge < -0.3 is 15.4 Å². The molecule has 4 aromatic carbocycles. The van der Waals surface area contributed by atoms with Gasteiger partial charge in [0, 0.05) is 66.7 Å². The first kappa shape index (κ1) is 32.8. The minimum atomic E-state index is -5.16. The molecule has 1 aromatic heterocycles. The van der Waals surface area contributed by atoms with E-state index in [0.717, 1.165) is 30.5 Å². The number of nitrogen functional groups attached to an aromatic ring is 1. The molecule has 0 bridgehead atoms. The number of nitrogens with zero attached hydrogens (tertiary/aromatic N) is 3. The molecule has 6 rings (SSSR count). The number of pyridine rings is 1. The van der Waals surface area contributed by atoms with Crippen LogP contribution in [0.1, 0.15) is 15.9 Å². The number of nitrogens with two attached hydrogens (primary N) is 1. The molecule has 3 N–H and O–H groups in total. The van der Waals surface area contributed by atoms with Crippen molar-refractivity contribution in [2.75, 3.05) is 43.2 Å². The summed E-state index contributed by atoms with van der Waals surface area (Å²) in [7, 11) is -4.52. The van der Waals surface area contributed by atoms with Gasteiger partial charge in [-0.2, -0.15) is 0 Å². The Morgan fingerprint density at radius 2 is 1.62 bits per heavy atom. The third-order valence-corrected chi connectivity index (χ3v) is 9.56. The molecule has 0 saturated carbocycles. The summed E-state index contributed by atoms with van der Waals surface area (Å²) >= 11 is 0. The Labute approximate surface area is 275 Å². The van der Waals surface area contributed by atoms with E-state index in [1.165, 1.54) is 29.8 Å². The lowest BCUT2D eigenvalue weighted by molar-refractivity contribution is -0.274. The number of carbonyl (C=O) groups is 1. The maximum absolute atomic E-state index is 13.8. The van der Waals surface area contributed by atoms with E-state index in [0.29, 0.717) is 37.3 Å². The molecule has 0 radical (unpaired) electrons. The first-order valence-electron chi connectivity index (χ1n) is 15.2. The van der Waals surface area contributed by atoms with Crippen LogP contribution in [-0.4, -0.2) is 68.2 Å². The van der Waals surface area contributed by atoms with E-state index in [-0.39, 0.29) is 21.7 Å². The SMILES string of the molecule is Nc1ccc(S(=O)(=O)Nc2ccc(C(=O)N3CCN(CCc4ccccc4)CC3)cc2OC(F)(F)F)c(-c2cccc3cccnc23)c1. The molecule has 9 nitrogen and oxygen atoms in total. The fraction of sp³-hybridized carbons (Fsp3) is 0.200. The molecule has 1 aliphatic rings. The minimum absolute atomic E-state index is 0.0649. The Hall–Kier alpha value is -5.14. The van der Waals surface area contributed by atoms with E-state index in [9.17, 15) is 26.4 Å². The number of hydrogen-bond acceptors (Lipinski definition) is 7. The molecule has 0 atom stereocenters. The van der Waals surface area contributed by atoms with Gasteiger partial charge in [0.25, 0.3) is 15.9 Å². The first-order chi connectivity index (χ1) is 23.0. The average molecular weight is 676 g/mol. The summed E-state index contributed by atoms with van der Waals surface area (Å²) in [6, 6.07) is 26.3. The highest BCUT2D eigenvalue weighted by Gasteiger charge is 2.34. The van der Waals surface area contributed by atoms with Crippen molar-refractivity contribution in [1.82, 2.24) is 14.8 Å². The van der Waals surface area contributed by atoms with Gasteiger partial charge in [-0.05, 0) is 54.4 Å². The zero-order chi connectivity index (χ0) is 33.9. The Morgan fingerprint density at radius 3 is 2.38 bits per heavy atom. The van der Waals surface area contributed by atoms with E-state index < -0.39 is 33.7 Å². The van der Waals surface area contributed by atoms with E-state index >= 15 is 0 Å². The molecule has 5 aromatic rings. The lowest BCUT2D eigenvalue weighted by Gasteiger charge is -2.35. The third-order valence-electron chi connectivity index (χ3n) is 8.13. The van der Waals surface area contributed by atoms with Crippen LogP contribution in [0.15, 0.2) is 108 Å². The van der Waals surface area contributed by atoms with Gasteiger partial charge in [0.15, 0.2) is 5.75 Å². The van der Waals surface area contributed by atoms with Crippen molar-refractivity contribution >= 4 is 38.2 Å². The van der Waals surface area contributed by atoms with Crippen molar-refractivity contribution in [1.29, 1.82) is 0 Å². The lowest BCUT2D eigenvalue weighted by atomic mass is 10.0. The molecule has 1 fully saturated rings. The second-order valence-corrected chi connectivity index (χ2v) is 13.0. The van der Waals surface area contributed by atoms with Crippen LogP contribution in [0.3, 0.4) is 0 Å². The maximum Gasteiger partial charge on any atom is 0.573 e. The number of nitrogens with one attached hydrogen (secondary N) is 1. The molecular weight excluding hydrogens is 643 g/mol. The molecule has 1 aliphatic heterocycles. The number of para-hydroxylation sites is 1. The highest BCUT2D eigenvalue weighted by atomic mass is 32.2. The topological polar surface area (TPSA) is 118 Å². The van der Waals surface area contributed by atoms with Crippen molar-refractivity contribution in [2.45, 2.75) is 17.7 Å². The first-order valence-corrected chi connectivity index (χ1v) is 16.7. The van der Waals surface area contributed by atoms with Crippen LogP contribution < -0.4 is 15.2 Å². The summed E-state index contributed by atoms with van der Waals surface area (Å²) in [6.07, 6.45) is -2.73. The molecule has 1 saturated heterocycles. The monoisotopic (exact) mass is 675 g/mol. The van der Waals surface area contributed by atoms with Crippen LogP contribution in [-0.2, 0) is 16.4 Å². The average Bonchev–Trinajstić information content (AvgIpc) is 3.07. The Balaban J connectivity index is 1.24. The van der Waals surface area contributed by atoms with Crippen LogP contribution in [0.5, 0.6) is 5.75 Å². The number of alkyl halides is 3. The zero-order valence-electron chi connectivity index (χ0n) is 25.7. The van der Waals surface area contributed by atoms with E-state index in [4.69, 9.17) is 5.73 Å². The number of halogens is 3. The highest BCUT2D eigenvalue weighted by molar-refractivity contribution is 7.92. The normalized spacial score (nSPS) is 14.2. The van der Waals surface area contributed by atoms with Gasteiger partial charge >= 0.3 is 6.36 Å². The molecule has 248 valence electrons. The second-order valence-electron chi connectivity index (χ2n) is 11.4. The summed E-state index contributed by atoms with van der Waals surface area (Å²) in [5.74, 6) is -1.34. The number of aromatic nitrogens is 1. The molecule has 13 heteroatoms. The van der Waals surface area contributed by atoms with E-state index in [1.807, 2.05) is 30.3 Å². The smallest absolute Gasteiger partial charge is 0.404 e. The fourth-order valence-corrected chi connectivity index (χ4v) is 7.03. The Kier molecular flexibility index (Phi) is 9.24. The standard InChI is InChI=1S/C35H32F3N5O4S/c36-35(37,38)47-31-22-26(34(44)43-20-18-42(19-21-43)17-15-24-6-2-1-3-7-24)11-13-30(31)41-48(45,46)32-14-12-27(39)23-29(32)28-10-4-8-25-9-5-16-40-33(25)28/h1-14,16,22-23,41H,15,17-21,39H2. The number of anilines is 2. The van der Waals surface area contributed by atoms with Crippen LogP contribution in [0, 0.1) is 0 Å². The van der Waals surface area contributed by atoms with Crippen LogP contribution in [0.2, 0.25) is 0 Å². The van der Waals surface area contributed by atoms with Gasteiger partial charge in [-0.15, -0.1) is 13.2 Å². The van der Waals surface area contributed by atoms with Gasteiger partial charge in [-0.1, -0.05) is 54.6 Å². The summed E-state index contributed by atoms with van der Waals surface area (Å²) in [6.45, 7) is 2.81. The Bertz CT molecular complexity index is 2050. The molecule has 0 spiro atoms. The predicted molar refractivity (Wildman–Crippen MR) is 178 cm³/mol. The number of rotatable bonds is 9. The molecular formula is C35H32F3N5O4S. The molecule has 48 heavy (non-hydrogen) atoms. The van der Waals surface area contributed by atoms with E-state index in [1.54, 1.807) is 29.3 Å². The quantitative estimate of drug-likeness (QED) is 0.179. The Morgan fingerprint density at radius 1 is 0.875 bits per heavy atom. The van der Waals surface area contributed by atoms with Crippen molar-refractivity contribution in [3.8, 4) is 16.9 Å². The third kappa shape index (κ3) is 7.53. The number of ether oxygens (including phenoxy) is 1. The van der Waals surface area contributed by atoms with E-state index in [2.05, 4.69) is 31.5 Å². The van der Waals surface area contributed by atoms with Crippen molar-refractivity contribution in [3.05, 3.63) is 114 Å². The van der Waals surface area contributed by atoms with Crippen molar-refractivity contribution in [2.24, 2.45) is 0 Å². The number of carbonyl (C=O) groups excluding carboxylic acids is 1. The zero-order valence-corrected chi connectivity index (χ0v) is 26.5. The molecule has 0 aliphatic carbocycles. The molecule has 0 unspecified atom stereocenters. The van der Waals surface area contributed by atoms with Crippen LogP contribution in [0.4, 0.5) is 24.5 Å². The summed E-state index contributed by atoms with van der Waals surface area (Å²) in [4.78, 5) is 21.3. The predicted octanol–water partition coefficient (Wildman–Crippen LogP) is 6.18. The van der Waals surface area contributed by atoms with Crippen LogP contribution in [0.25, 0.3) is 22.0 Å². The molecule has 1 amide bonds. The number of sulfonamides is 1. The van der Waals surface area contributed by atoms with Crippen molar-refractivity contribution < 1.29 is 31.1 Å². The number of piperazine rings is 1. The van der Waals surface area contributed by atoms with Gasteiger partial charge in [0.2, 0.25) is 0 Å². The van der Waals surface area contributed by atoms with Crippen LogP contribution >= 0.6 is 0 Å². The van der Waals surface area contributed by atoms with Gasteiger partial charge in [-0.3, -0.25) is 19.4 Å². The maximum atomic E-state index is 13.8. The van der Waals surface area contributed by atoms with Gasteiger partial charge in [0.05, 0.1) is 16.1 Å². The number of fused-ring (bicyclic) bond motifs is 1. The lowest BCUT2D eigenvalue weighted by Crippen LogP contribution is -2.49. The highest BCUT2D eigenvalue weighted by Crippen LogP contribution is 2.37. The second kappa shape index (κ2) is 13.5. The number of amides is 1. The largest absolute Gasteiger partial charge is 0.573 e. The summed E-state index contributed by atoms with van der Waals surface area (Å²) in [5, 5.41) is 0.753. The number of hydrogen-bond donors (Lipinski definition) is 2. The summed E-state index contributed by atoms with van der Waals surface area (Å²) < 4.78 is 74.8. The minimum Gasteiger partial charge on any atom is -0.404 e. The van der Waals surface area contributed by atoms with Gasteiger partial charge in [0.1, 0.15) is 0 Å². The number of benzene rings is 4. The van der Waals surface area contributed by atoms with Crippen molar-refractivity contribution in [3.63, 3.8) is 0 Å². The molecule has 2 heterocycles.